The Balaban J connectivity index is 2.81. The van der Waals surface area contributed by atoms with Crippen molar-refractivity contribution in [1.29, 1.82) is 0 Å². The van der Waals surface area contributed by atoms with E-state index in [-0.39, 0.29) is 17.1 Å². The molecule has 26 heavy (non-hydrogen) atoms. The Morgan fingerprint density at radius 2 is 2.00 bits per heavy atom. The molecule has 0 N–H and O–H groups in total. The molecule has 4 nitrogen and oxygen atoms in total. The predicted octanol–water partition coefficient (Wildman–Crippen LogP) is 5.75. The van der Waals surface area contributed by atoms with Crippen molar-refractivity contribution in [3.63, 3.8) is 0 Å². The highest BCUT2D eigenvalue weighted by molar-refractivity contribution is 6.74. The fourth-order valence-corrected chi connectivity index (χ4v) is 3.58. The van der Waals surface area contributed by atoms with Gasteiger partial charge in [-0.2, -0.15) is 0 Å². The molecule has 0 aliphatic carbocycles. The van der Waals surface area contributed by atoms with Crippen LogP contribution in [0.4, 0.5) is 0 Å². The zero-order chi connectivity index (χ0) is 19.8. The summed E-state index contributed by atoms with van der Waals surface area (Å²) in [5.41, 5.74) is 0.977. The van der Waals surface area contributed by atoms with Gasteiger partial charge in [0.2, 0.25) is 0 Å². The highest BCUT2D eigenvalue weighted by Crippen LogP contribution is 2.37. The van der Waals surface area contributed by atoms with Gasteiger partial charge in [0.15, 0.2) is 8.32 Å². The fraction of sp³-hybridized carbons (Fsp3) is 0.762. The monoisotopic (exact) mass is 382 g/mol. The fourth-order valence-electron chi connectivity index (χ4n) is 2.55. The van der Waals surface area contributed by atoms with Gasteiger partial charge in [-0.05, 0) is 43.1 Å². The number of hydrogen-bond donors (Lipinski definition) is 0. The van der Waals surface area contributed by atoms with Crippen LogP contribution in [0.5, 0.6) is 0 Å². The molecule has 5 heteroatoms. The second-order valence-corrected chi connectivity index (χ2v) is 13.4. The summed E-state index contributed by atoms with van der Waals surface area (Å²) in [6.07, 6.45) is 8.63. The first kappa shape index (κ1) is 23.0. The van der Waals surface area contributed by atoms with E-state index in [9.17, 15) is 4.79 Å². The van der Waals surface area contributed by atoms with Crippen LogP contribution in [0.1, 0.15) is 66.7 Å². The summed E-state index contributed by atoms with van der Waals surface area (Å²) in [6, 6.07) is 0. The molecule has 1 rings (SSSR count). The number of ether oxygens (including phenoxy) is 2. The minimum Gasteiger partial charge on any atom is -0.492 e. The molecule has 0 spiro atoms. The van der Waals surface area contributed by atoms with Gasteiger partial charge in [0.05, 0.1) is 19.0 Å². The van der Waals surface area contributed by atoms with Crippen LogP contribution in [0, 0.1) is 0 Å². The zero-order valence-corrected chi connectivity index (χ0v) is 18.8. The van der Waals surface area contributed by atoms with Crippen LogP contribution in [0.3, 0.4) is 0 Å². The lowest BCUT2D eigenvalue weighted by Crippen LogP contribution is -2.43. The Hall–Kier alpha value is -1.07. The van der Waals surface area contributed by atoms with Crippen LogP contribution in [0.25, 0.3) is 0 Å². The molecule has 0 fully saturated rings. The third-order valence-electron chi connectivity index (χ3n) is 5.18. The predicted molar refractivity (Wildman–Crippen MR) is 110 cm³/mol. The molecule has 1 unspecified atom stereocenters. The average Bonchev–Trinajstić information content (AvgIpc) is 2.52. The molecule has 0 bridgehead atoms. The van der Waals surface area contributed by atoms with Gasteiger partial charge < -0.3 is 13.9 Å². The van der Waals surface area contributed by atoms with Gasteiger partial charge in [-0.3, -0.25) is 0 Å². The molecule has 1 aliphatic rings. The lowest BCUT2D eigenvalue weighted by molar-refractivity contribution is -0.137. The highest BCUT2D eigenvalue weighted by Gasteiger charge is 2.38. The molecular formula is C21H38O4Si. The van der Waals surface area contributed by atoms with E-state index in [1.807, 2.05) is 13.0 Å². The number of esters is 1. The standard InChI is InChI=1S/C21H38O4Si/c1-8-10-11-12-18-13-17(15-20(22)23-9-2)14-19(25-18)16-24-26(6,7)21(3,4)5/h13,15,19H,8-12,14,16H2,1-7H3/b17-15-. The summed E-state index contributed by atoms with van der Waals surface area (Å²) in [5, 5.41) is 0.172. The van der Waals surface area contributed by atoms with E-state index < -0.39 is 8.32 Å². The molecule has 150 valence electrons. The molecule has 1 heterocycles. The van der Waals surface area contributed by atoms with Crippen LogP contribution in [0.2, 0.25) is 18.1 Å². The van der Waals surface area contributed by atoms with Crippen LogP contribution in [-0.4, -0.2) is 33.6 Å². The van der Waals surface area contributed by atoms with Crippen molar-refractivity contribution in [2.75, 3.05) is 13.2 Å². The molecule has 0 amide bonds. The van der Waals surface area contributed by atoms with E-state index in [1.54, 1.807) is 6.08 Å². The minimum atomic E-state index is -1.82. The molecule has 1 aliphatic heterocycles. The van der Waals surface area contributed by atoms with Crippen molar-refractivity contribution in [1.82, 2.24) is 0 Å². The first-order valence-electron chi connectivity index (χ1n) is 9.97. The van der Waals surface area contributed by atoms with E-state index in [0.717, 1.165) is 24.2 Å². The largest absolute Gasteiger partial charge is 0.492 e. The van der Waals surface area contributed by atoms with Crippen molar-refractivity contribution in [3.8, 4) is 0 Å². The van der Waals surface area contributed by atoms with Gasteiger partial charge >= 0.3 is 5.97 Å². The lowest BCUT2D eigenvalue weighted by atomic mass is 10.0. The van der Waals surface area contributed by atoms with Crippen LogP contribution in [-0.2, 0) is 18.7 Å². The maximum atomic E-state index is 11.8. The quantitative estimate of drug-likeness (QED) is 0.220. The summed E-state index contributed by atoms with van der Waals surface area (Å²) in [4.78, 5) is 11.8. The topological polar surface area (TPSA) is 44.8 Å². The average molecular weight is 383 g/mol. The lowest BCUT2D eigenvalue weighted by Gasteiger charge is -2.38. The third kappa shape index (κ3) is 7.66. The van der Waals surface area contributed by atoms with Crippen molar-refractivity contribution < 1.29 is 18.7 Å². The summed E-state index contributed by atoms with van der Waals surface area (Å²) in [5.74, 6) is 0.682. The van der Waals surface area contributed by atoms with E-state index in [4.69, 9.17) is 13.9 Å². The Kier molecular flexibility index (Phi) is 9.11. The molecule has 1 atom stereocenters. The van der Waals surface area contributed by atoms with Gasteiger partial charge in [-0.1, -0.05) is 40.5 Å². The van der Waals surface area contributed by atoms with Crippen molar-refractivity contribution in [3.05, 3.63) is 23.5 Å². The number of unbranched alkanes of at least 4 members (excludes halogenated alkanes) is 2. The van der Waals surface area contributed by atoms with E-state index in [0.29, 0.717) is 19.6 Å². The second kappa shape index (κ2) is 10.3. The van der Waals surface area contributed by atoms with Crippen molar-refractivity contribution in [2.24, 2.45) is 0 Å². The molecule has 0 aromatic rings. The molecular weight excluding hydrogens is 344 g/mol. The molecule has 0 radical (unpaired) electrons. The van der Waals surface area contributed by atoms with Gasteiger partial charge in [0.25, 0.3) is 0 Å². The molecule has 0 aromatic carbocycles. The third-order valence-corrected chi connectivity index (χ3v) is 9.68. The first-order chi connectivity index (χ1) is 12.1. The summed E-state index contributed by atoms with van der Waals surface area (Å²) >= 11 is 0. The van der Waals surface area contributed by atoms with Gasteiger partial charge in [0, 0.05) is 18.9 Å². The van der Waals surface area contributed by atoms with E-state index in [1.165, 1.54) is 12.8 Å². The van der Waals surface area contributed by atoms with E-state index >= 15 is 0 Å². The minimum absolute atomic E-state index is 0.0357. The molecule has 0 saturated heterocycles. The second-order valence-electron chi connectivity index (χ2n) is 8.55. The van der Waals surface area contributed by atoms with Gasteiger partial charge in [-0.25, -0.2) is 4.79 Å². The molecule has 0 aromatic heterocycles. The zero-order valence-electron chi connectivity index (χ0n) is 17.8. The van der Waals surface area contributed by atoms with E-state index in [2.05, 4.69) is 40.8 Å². The van der Waals surface area contributed by atoms with Crippen molar-refractivity contribution >= 4 is 14.3 Å². The summed E-state index contributed by atoms with van der Waals surface area (Å²) in [6.45, 7) is 16.2. The smallest absolute Gasteiger partial charge is 0.331 e. The number of carbonyl (C=O) groups excluding carboxylic acids is 1. The number of carbonyl (C=O) groups is 1. The van der Waals surface area contributed by atoms with Gasteiger partial charge in [0.1, 0.15) is 6.10 Å². The normalized spacial score (nSPS) is 19.9. The van der Waals surface area contributed by atoms with Crippen molar-refractivity contribution in [2.45, 2.75) is 91.0 Å². The summed E-state index contributed by atoms with van der Waals surface area (Å²) in [7, 11) is -1.82. The number of rotatable bonds is 9. The maximum Gasteiger partial charge on any atom is 0.331 e. The number of allylic oxidation sites excluding steroid dienone is 2. The Morgan fingerprint density at radius 3 is 2.58 bits per heavy atom. The first-order valence-corrected chi connectivity index (χ1v) is 12.9. The van der Waals surface area contributed by atoms with Gasteiger partial charge in [-0.15, -0.1) is 0 Å². The molecule has 0 saturated carbocycles. The van der Waals surface area contributed by atoms with Crippen LogP contribution < -0.4 is 0 Å². The Bertz CT molecular complexity index is 515. The number of hydrogen-bond acceptors (Lipinski definition) is 4. The summed E-state index contributed by atoms with van der Waals surface area (Å²) < 4.78 is 17.6. The van der Waals surface area contributed by atoms with Crippen LogP contribution >= 0.6 is 0 Å². The SMILES string of the molecule is CCCCCC1=C/C(=C/C(=O)OCC)CC(CO[Si](C)(C)C(C)(C)C)O1. The highest BCUT2D eigenvalue weighted by atomic mass is 28.4. The Labute approximate surface area is 161 Å². The Morgan fingerprint density at radius 1 is 1.31 bits per heavy atom. The van der Waals surface area contributed by atoms with Crippen LogP contribution in [0.15, 0.2) is 23.5 Å². The maximum absolute atomic E-state index is 11.8.